The van der Waals surface area contributed by atoms with E-state index in [9.17, 15) is 13.6 Å². The molecule has 3 N–H and O–H groups in total. The number of anilines is 1. The summed E-state index contributed by atoms with van der Waals surface area (Å²) in [7, 11) is 0. The number of carbonyl (C=O) groups is 1. The fourth-order valence-electron chi connectivity index (χ4n) is 4.41. The maximum Gasteiger partial charge on any atom is 0.219 e. The molecule has 202 valence electrons. The minimum absolute atomic E-state index is 0.00493. The van der Waals surface area contributed by atoms with Crippen molar-refractivity contribution in [3.63, 3.8) is 0 Å². The van der Waals surface area contributed by atoms with Crippen LogP contribution in [0.15, 0.2) is 71.9 Å². The number of pyridine rings is 1. The highest BCUT2D eigenvalue weighted by Crippen LogP contribution is 2.31. The molecule has 0 radical (unpaired) electrons. The molecule has 0 aliphatic carbocycles. The lowest BCUT2D eigenvalue weighted by Gasteiger charge is -2.21. The van der Waals surface area contributed by atoms with Gasteiger partial charge in [-0.05, 0) is 68.0 Å². The van der Waals surface area contributed by atoms with Crippen LogP contribution in [0, 0.1) is 18.6 Å². The number of rotatable bonds is 6. The second kappa shape index (κ2) is 11.3. The van der Waals surface area contributed by atoms with Crippen molar-refractivity contribution in [3.8, 4) is 17.3 Å². The van der Waals surface area contributed by atoms with Gasteiger partial charge in [-0.25, -0.2) is 18.4 Å². The van der Waals surface area contributed by atoms with Gasteiger partial charge in [0.1, 0.15) is 5.82 Å². The van der Waals surface area contributed by atoms with Gasteiger partial charge in [-0.15, -0.1) is 0 Å². The molecule has 5 rings (SSSR count). The molecule has 4 heterocycles. The van der Waals surface area contributed by atoms with Crippen molar-refractivity contribution in [1.29, 1.82) is 0 Å². The predicted molar refractivity (Wildman–Crippen MR) is 148 cm³/mol. The molecule has 0 bridgehead atoms. The van der Waals surface area contributed by atoms with Crippen molar-refractivity contribution in [2.75, 3.05) is 24.6 Å². The number of benzene rings is 1. The van der Waals surface area contributed by atoms with Crippen LogP contribution in [0.25, 0.3) is 5.69 Å². The van der Waals surface area contributed by atoms with Gasteiger partial charge in [0.2, 0.25) is 17.4 Å². The summed E-state index contributed by atoms with van der Waals surface area (Å²) in [5, 5.41) is 7.57. The summed E-state index contributed by atoms with van der Waals surface area (Å²) in [4.78, 5) is 17.6. The summed E-state index contributed by atoms with van der Waals surface area (Å²) in [6, 6.07) is 4.97. The highest BCUT2D eigenvalue weighted by Gasteiger charge is 2.22. The molecule has 1 fully saturated rings. The lowest BCUT2D eigenvalue weighted by molar-refractivity contribution is 0.102. The van der Waals surface area contributed by atoms with E-state index < -0.39 is 17.4 Å². The number of allylic oxidation sites excluding steroid dienone is 4. The standard InChI is InChI=1S/C28H28F2N6O2S/c1-17-6-3-9-22(32-11-10-23(17)35-12-5-13-39-35)26(37)19-15-34-36(28(19)31)24-16-33-25(14-18(24)2)38-27-20(29)7-4-8-21(27)30/h4,6-10,14-16,32H,3,5,11-13,31H2,1-2H3/b17-6?,22-9-,23-10?. The predicted octanol–water partition coefficient (Wildman–Crippen LogP) is 5.47. The minimum Gasteiger partial charge on any atom is -0.433 e. The number of hydrogen-bond acceptors (Lipinski definition) is 8. The average molecular weight is 551 g/mol. The number of hydrogen-bond donors (Lipinski definition) is 2. The van der Waals surface area contributed by atoms with Crippen LogP contribution in [0.3, 0.4) is 0 Å². The number of para-hydroxylation sites is 1. The third-order valence-corrected chi connectivity index (χ3v) is 7.63. The zero-order valence-corrected chi connectivity index (χ0v) is 22.4. The molecule has 2 aliphatic heterocycles. The normalized spacial score (nSPS) is 17.2. The van der Waals surface area contributed by atoms with E-state index in [1.54, 1.807) is 6.92 Å². The molecule has 0 amide bonds. The average Bonchev–Trinajstić information content (AvgIpc) is 3.58. The Morgan fingerprint density at radius 3 is 2.67 bits per heavy atom. The van der Waals surface area contributed by atoms with Crippen molar-refractivity contribution in [3.05, 3.63) is 94.6 Å². The Morgan fingerprint density at radius 2 is 1.95 bits per heavy atom. The first-order valence-corrected chi connectivity index (χ1v) is 13.5. The summed E-state index contributed by atoms with van der Waals surface area (Å²) in [5.74, 6) is -1.21. The van der Waals surface area contributed by atoms with Gasteiger partial charge >= 0.3 is 0 Å². The number of nitrogens with one attached hydrogen (secondary N) is 1. The van der Waals surface area contributed by atoms with Gasteiger partial charge in [-0.3, -0.25) is 4.79 Å². The molecule has 3 aromatic rings. The first-order valence-electron chi connectivity index (χ1n) is 12.5. The number of ketones is 1. The number of nitrogen functional groups attached to an aromatic ring is 1. The van der Waals surface area contributed by atoms with E-state index in [0.717, 1.165) is 30.9 Å². The topological polar surface area (TPSA) is 98.3 Å². The second-order valence-corrected chi connectivity index (χ2v) is 10.3. The van der Waals surface area contributed by atoms with E-state index in [1.807, 2.05) is 18.0 Å². The lowest BCUT2D eigenvalue weighted by Crippen LogP contribution is -2.22. The minimum atomic E-state index is -0.835. The highest BCUT2D eigenvalue weighted by atomic mass is 32.2. The van der Waals surface area contributed by atoms with E-state index >= 15 is 0 Å². The van der Waals surface area contributed by atoms with Crippen molar-refractivity contribution in [2.24, 2.45) is 0 Å². The van der Waals surface area contributed by atoms with Crippen LogP contribution in [0.4, 0.5) is 14.6 Å². The van der Waals surface area contributed by atoms with Crippen LogP contribution in [-0.4, -0.2) is 43.7 Å². The number of aryl methyl sites for hydroxylation is 1. The molecule has 2 aromatic heterocycles. The van der Waals surface area contributed by atoms with E-state index in [-0.39, 0.29) is 23.0 Å². The van der Waals surface area contributed by atoms with Crippen molar-refractivity contribution in [2.45, 2.75) is 26.7 Å². The maximum atomic E-state index is 14.0. The van der Waals surface area contributed by atoms with Crippen LogP contribution in [-0.2, 0) is 0 Å². The zero-order valence-electron chi connectivity index (χ0n) is 21.6. The Kier molecular flexibility index (Phi) is 7.69. The first-order chi connectivity index (χ1) is 18.8. The molecule has 0 unspecified atom stereocenters. The number of halogens is 2. The molecular formula is C28H28F2N6O2S. The molecule has 11 heteroatoms. The number of nitrogens with zero attached hydrogens (tertiary/aromatic N) is 4. The number of Topliss-reactive ketones (excluding diaryl/α,β-unsaturated/α-hetero) is 1. The van der Waals surface area contributed by atoms with E-state index in [4.69, 9.17) is 10.5 Å². The van der Waals surface area contributed by atoms with Gasteiger partial charge in [-0.1, -0.05) is 18.2 Å². The number of aromatic nitrogens is 3. The van der Waals surface area contributed by atoms with E-state index in [0.29, 0.717) is 29.9 Å². The summed E-state index contributed by atoms with van der Waals surface area (Å²) in [6.07, 6.45) is 10.7. The van der Waals surface area contributed by atoms with Crippen LogP contribution in [0.2, 0.25) is 0 Å². The summed E-state index contributed by atoms with van der Waals surface area (Å²) >= 11 is 1.82. The summed E-state index contributed by atoms with van der Waals surface area (Å²) in [6.45, 7) is 5.35. The fraction of sp³-hybridized carbons (Fsp3) is 0.250. The lowest BCUT2D eigenvalue weighted by atomic mass is 10.1. The summed E-state index contributed by atoms with van der Waals surface area (Å²) < 4.78 is 37.0. The Morgan fingerprint density at radius 1 is 1.15 bits per heavy atom. The number of ether oxygens (including phenoxy) is 1. The molecule has 0 saturated carbocycles. The van der Waals surface area contributed by atoms with Crippen LogP contribution < -0.4 is 15.8 Å². The Bertz CT molecular complexity index is 1490. The Hall–Kier alpha value is -4.12. The van der Waals surface area contributed by atoms with Gasteiger partial charge in [0.05, 0.1) is 29.3 Å². The third-order valence-electron chi connectivity index (χ3n) is 6.47. The SMILES string of the molecule is CC1=CC/C=C(/C(=O)c2cnn(-c3cnc(Oc4c(F)cccc4F)cc3C)c2N)NCC=C1N1CCCS1. The molecule has 39 heavy (non-hydrogen) atoms. The highest BCUT2D eigenvalue weighted by molar-refractivity contribution is 7.97. The first kappa shape index (κ1) is 26.5. The molecular weight excluding hydrogens is 522 g/mol. The second-order valence-electron chi connectivity index (χ2n) is 9.15. The van der Waals surface area contributed by atoms with Crippen molar-refractivity contribution >= 4 is 23.5 Å². The Labute approximate surface area is 229 Å². The molecule has 1 aromatic carbocycles. The van der Waals surface area contributed by atoms with Crippen molar-refractivity contribution < 1.29 is 18.3 Å². The van der Waals surface area contributed by atoms with Gasteiger partial charge in [0.15, 0.2) is 11.6 Å². The fourth-order valence-corrected chi connectivity index (χ4v) is 5.51. The molecule has 1 saturated heterocycles. The smallest absolute Gasteiger partial charge is 0.219 e. The monoisotopic (exact) mass is 550 g/mol. The molecule has 0 spiro atoms. The Balaban J connectivity index is 1.35. The van der Waals surface area contributed by atoms with Crippen LogP contribution in [0.5, 0.6) is 11.6 Å². The number of nitrogens with two attached hydrogens (primary N) is 1. The molecule has 2 aliphatic rings. The van der Waals surface area contributed by atoms with Crippen molar-refractivity contribution in [1.82, 2.24) is 24.4 Å². The molecule has 8 nitrogen and oxygen atoms in total. The van der Waals surface area contributed by atoms with Gasteiger partial charge < -0.3 is 20.1 Å². The number of carbonyl (C=O) groups excluding carboxylic acids is 1. The van der Waals surface area contributed by atoms with E-state index in [1.165, 1.54) is 40.5 Å². The van der Waals surface area contributed by atoms with Gasteiger partial charge in [-0.2, -0.15) is 5.10 Å². The van der Waals surface area contributed by atoms with E-state index in [2.05, 4.69) is 38.8 Å². The third kappa shape index (κ3) is 5.53. The zero-order chi connectivity index (χ0) is 27.5. The largest absolute Gasteiger partial charge is 0.433 e. The van der Waals surface area contributed by atoms with Gasteiger partial charge in [0.25, 0.3) is 0 Å². The van der Waals surface area contributed by atoms with Crippen LogP contribution in [0.1, 0.15) is 35.7 Å². The quantitative estimate of drug-likeness (QED) is 0.308. The molecule has 0 atom stereocenters. The van der Waals surface area contributed by atoms with Gasteiger partial charge in [0, 0.05) is 30.6 Å². The maximum absolute atomic E-state index is 14.0. The summed E-state index contributed by atoms with van der Waals surface area (Å²) in [5.41, 5.74) is 10.5. The van der Waals surface area contributed by atoms with Crippen LogP contribution >= 0.6 is 11.9 Å².